The fraction of sp³-hybridized carbons (Fsp3) is 0.167. The fourth-order valence-electron chi connectivity index (χ4n) is 1.37. The van der Waals surface area contributed by atoms with Gasteiger partial charge in [0.05, 0.1) is 11.4 Å². The Kier molecular flexibility index (Phi) is 4.42. The van der Waals surface area contributed by atoms with E-state index in [9.17, 15) is 19.2 Å². The molecule has 0 aliphatic heterocycles. The van der Waals surface area contributed by atoms with Gasteiger partial charge in [-0.1, -0.05) is 0 Å². The van der Waals surface area contributed by atoms with Crippen molar-refractivity contribution in [3.63, 3.8) is 0 Å². The summed E-state index contributed by atoms with van der Waals surface area (Å²) in [7, 11) is 0. The van der Waals surface area contributed by atoms with Gasteiger partial charge in [0.15, 0.2) is 0 Å². The molecule has 4 N–H and O–H groups in total. The lowest BCUT2D eigenvalue weighted by molar-refractivity contribution is -0.147. The molecule has 1 rings (SSSR count). The number of nitrogens with one attached hydrogen (secondary N) is 2. The summed E-state index contributed by atoms with van der Waals surface area (Å²) in [5.74, 6) is -5.98. The van der Waals surface area contributed by atoms with Crippen LogP contribution in [0.2, 0.25) is 0 Å². The first kappa shape index (κ1) is 15.2. The molecule has 0 unspecified atom stereocenters. The third-order valence-electron chi connectivity index (χ3n) is 2.52. The van der Waals surface area contributed by atoms with Crippen LogP contribution in [0.3, 0.4) is 0 Å². The summed E-state index contributed by atoms with van der Waals surface area (Å²) < 4.78 is 0. The number of carbonyl (C=O) groups is 4. The van der Waals surface area contributed by atoms with Crippen LogP contribution in [0.25, 0.3) is 0 Å². The van der Waals surface area contributed by atoms with E-state index >= 15 is 0 Å². The Balaban J connectivity index is 3.17. The number of anilines is 2. The molecule has 20 heavy (non-hydrogen) atoms. The van der Waals surface area contributed by atoms with E-state index in [0.717, 1.165) is 11.1 Å². The lowest BCUT2D eigenvalue weighted by atomic mass is 10.1. The molecule has 8 nitrogen and oxygen atoms in total. The number of carboxylic acid groups (broad SMARTS) is 2. The van der Waals surface area contributed by atoms with Crippen LogP contribution in [0.1, 0.15) is 11.1 Å². The Labute approximate surface area is 113 Å². The van der Waals surface area contributed by atoms with Crippen molar-refractivity contribution in [1.82, 2.24) is 0 Å². The SMILES string of the molecule is Cc1cc(NC(=O)C(=O)O)c(NC(=O)C(=O)O)cc1C. The highest BCUT2D eigenvalue weighted by molar-refractivity contribution is 6.38. The predicted molar refractivity (Wildman–Crippen MR) is 68.4 cm³/mol. The van der Waals surface area contributed by atoms with Crippen LogP contribution in [-0.2, 0) is 19.2 Å². The Morgan fingerprint density at radius 3 is 1.35 bits per heavy atom. The number of hydrogen-bond acceptors (Lipinski definition) is 4. The van der Waals surface area contributed by atoms with Gasteiger partial charge in [-0.2, -0.15) is 0 Å². The van der Waals surface area contributed by atoms with Gasteiger partial charge in [0.1, 0.15) is 0 Å². The molecule has 0 radical (unpaired) electrons. The van der Waals surface area contributed by atoms with E-state index in [0.29, 0.717) is 0 Å². The van der Waals surface area contributed by atoms with E-state index in [4.69, 9.17) is 10.2 Å². The maximum Gasteiger partial charge on any atom is 0.394 e. The highest BCUT2D eigenvalue weighted by Crippen LogP contribution is 2.26. The third-order valence-corrected chi connectivity index (χ3v) is 2.52. The van der Waals surface area contributed by atoms with Gasteiger partial charge in [0.2, 0.25) is 0 Å². The molecule has 0 saturated carbocycles. The molecule has 0 aliphatic carbocycles. The molecule has 0 saturated heterocycles. The number of aliphatic carboxylic acids is 2. The quantitative estimate of drug-likeness (QED) is 0.578. The maximum absolute atomic E-state index is 11.1. The highest BCUT2D eigenvalue weighted by atomic mass is 16.4. The minimum Gasteiger partial charge on any atom is -0.474 e. The molecule has 2 amide bonds. The van der Waals surface area contributed by atoms with Gasteiger partial charge < -0.3 is 20.8 Å². The minimum absolute atomic E-state index is 0.00935. The Morgan fingerprint density at radius 2 is 1.10 bits per heavy atom. The second-order valence-corrected chi connectivity index (χ2v) is 4.00. The van der Waals surface area contributed by atoms with E-state index in [1.165, 1.54) is 12.1 Å². The maximum atomic E-state index is 11.1. The van der Waals surface area contributed by atoms with Crippen LogP contribution < -0.4 is 10.6 Å². The Morgan fingerprint density at radius 1 is 0.800 bits per heavy atom. The summed E-state index contributed by atoms with van der Waals surface area (Å²) in [4.78, 5) is 43.3. The van der Waals surface area contributed by atoms with E-state index < -0.39 is 23.8 Å². The van der Waals surface area contributed by atoms with Gasteiger partial charge in [-0.15, -0.1) is 0 Å². The molecule has 1 aromatic carbocycles. The number of carboxylic acids is 2. The van der Waals surface area contributed by atoms with Crippen LogP contribution >= 0.6 is 0 Å². The Hall–Kier alpha value is -2.90. The molecule has 0 fully saturated rings. The van der Waals surface area contributed by atoms with Gasteiger partial charge in [-0.3, -0.25) is 9.59 Å². The zero-order valence-corrected chi connectivity index (χ0v) is 10.7. The number of hydrogen-bond donors (Lipinski definition) is 4. The van der Waals surface area contributed by atoms with Crippen molar-refractivity contribution in [2.24, 2.45) is 0 Å². The molecule has 0 aliphatic rings. The molecular weight excluding hydrogens is 268 g/mol. The third kappa shape index (κ3) is 3.55. The molecule has 0 aromatic heterocycles. The summed E-state index contributed by atoms with van der Waals surface area (Å²) in [6.07, 6.45) is 0. The molecule has 0 bridgehead atoms. The van der Waals surface area contributed by atoms with Crippen molar-refractivity contribution in [2.75, 3.05) is 10.6 Å². The lowest BCUT2D eigenvalue weighted by Gasteiger charge is -2.13. The topological polar surface area (TPSA) is 133 Å². The van der Waals surface area contributed by atoms with Crippen molar-refractivity contribution in [1.29, 1.82) is 0 Å². The Bertz CT molecular complexity index is 555. The smallest absolute Gasteiger partial charge is 0.394 e. The van der Waals surface area contributed by atoms with Crippen molar-refractivity contribution < 1.29 is 29.4 Å². The molecule has 0 atom stereocenters. The average Bonchev–Trinajstić information content (AvgIpc) is 2.34. The molecule has 0 spiro atoms. The second-order valence-electron chi connectivity index (χ2n) is 4.00. The first-order valence-corrected chi connectivity index (χ1v) is 5.42. The molecule has 0 heterocycles. The summed E-state index contributed by atoms with van der Waals surface area (Å²) >= 11 is 0. The minimum atomic E-state index is -1.70. The number of aryl methyl sites for hydroxylation is 2. The van der Waals surface area contributed by atoms with E-state index in [1.54, 1.807) is 13.8 Å². The van der Waals surface area contributed by atoms with Crippen LogP contribution in [-0.4, -0.2) is 34.0 Å². The summed E-state index contributed by atoms with van der Waals surface area (Å²) in [6, 6.07) is 2.88. The van der Waals surface area contributed by atoms with Crippen molar-refractivity contribution in [2.45, 2.75) is 13.8 Å². The van der Waals surface area contributed by atoms with E-state index in [2.05, 4.69) is 10.6 Å². The van der Waals surface area contributed by atoms with Crippen molar-refractivity contribution in [3.05, 3.63) is 23.3 Å². The zero-order chi connectivity index (χ0) is 15.4. The number of amides is 2. The summed E-state index contributed by atoms with van der Waals surface area (Å²) in [5.41, 5.74) is 1.49. The van der Waals surface area contributed by atoms with Crippen LogP contribution in [0.4, 0.5) is 11.4 Å². The molecule has 106 valence electrons. The zero-order valence-electron chi connectivity index (χ0n) is 10.7. The number of carbonyl (C=O) groups excluding carboxylic acids is 2. The second kappa shape index (κ2) is 5.83. The number of benzene rings is 1. The van der Waals surface area contributed by atoms with Gasteiger partial charge >= 0.3 is 23.8 Å². The first-order chi connectivity index (χ1) is 9.22. The first-order valence-electron chi connectivity index (χ1n) is 5.42. The average molecular weight is 280 g/mol. The van der Waals surface area contributed by atoms with Crippen molar-refractivity contribution in [3.8, 4) is 0 Å². The van der Waals surface area contributed by atoms with Crippen molar-refractivity contribution >= 4 is 35.1 Å². The van der Waals surface area contributed by atoms with E-state index in [-0.39, 0.29) is 11.4 Å². The summed E-state index contributed by atoms with van der Waals surface area (Å²) in [6.45, 7) is 3.43. The normalized spacial score (nSPS) is 9.70. The molecular formula is C12H12N2O6. The highest BCUT2D eigenvalue weighted by Gasteiger charge is 2.18. The van der Waals surface area contributed by atoms with Gasteiger partial charge in [-0.25, -0.2) is 9.59 Å². The summed E-state index contributed by atoms with van der Waals surface area (Å²) in [5, 5.41) is 21.2. The van der Waals surface area contributed by atoms with Crippen LogP contribution in [0.15, 0.2) is 12.1 Å². The fourth-order valence-corrected chi connectivity index (χ4v) is 1.37. The lowest BCUT2D eigenvalue weighted by Crippen LogP contribution is -2.25. The van der Waals surface area contributed by atoms with Gasteiger partial charge in [0, 0.05) is 0 Å². The van der Waals surface area contributed by atoms with E-state index in [1.807, 2.05) is 0 Å². The standard InChI is InChI=1S/C12H12N2O6/c1-5-3-7(13-9(15)11(17)18)8(4-6(5)2)14-10(16)12(19)20/h3-4H,1-2H3,(H,13,15)(H,14,16)(H,17,18)(H,19,20). The predicted octanol–water partition coefficient (Wildman–Crippen LogP) is 0.350. The van der Waals surface area contributed by atoms with Crippen LogP contribution in [0, 0.1) is 13.8 Å². The monoisotopic (exact) mass is 280 g/mol. The van der Waals surface area contributed by atoms with Crippen LogP contribution in [0.5, 0.6) is 0 Å². The number of rotatable bonds is 2. The van der Waals surface area contributed by atoms with Gasteiger partial charge in [-0.05, 0) is 37.1 Å². The molecule has 8 heteroatoms. The van der Waals surface area contributed by atoms with Gasteiger partial charge in [0.25, 0.3) is 0 Å². The largest absolute Gasteiger partial charge is 0.474 e. The molecule has 1 aromatic rings.